The molecule has 0 radical (unpaired) electrons. The third-order valence-corrected chi connectivity index (χ3v) is 6.89. The van der Waals surface area contributed by atoms with Gasteiger partial charge in [0.15, 0.2) is 17.0 Å². The summed E-state index contributed by atoms with van der Waals surface area (Å²) in [4.78, 5) is 30.0. The molecule has 1 aliphatic heterocycles. The molecule has 0 bridgehead atoms. The van der Waals surface area contributed by atoms with Crippen molar-refractivity contribution < 1.29 is 27.5 Å². The van der Waals surface area contributed by atoms with Crippen molar-refractivity contribution in [1.82, 2.24) is 29.8 Å². The highest BCUT2D eigenvalue weighted by atomic mass is 32.1. The van der Waals surface area contributed by atoms with E-state index in [1.54, 1.807) is 28.3 Å². The van der Waals surface area contributed by atoms with E-state index in [-0.39, 0.29) is 5.82 Å². The van der Waals surface area contributed by atoms with Gasteiger partial charge in [0.1, 0.15) is 17.2 Å². The van der Waals surface area contributed by atoms with Crippen LogP contribution in [-0.4, -0.2) is 67.9 Å². The molecule has 40 heavy (non-hydrogen) atoms. The first-order valence-corrected chi connectivity index (χ1v) is 12.9. The second-order valence-corrected chi connectivity index (χ2v) is 9.72. The molecule has 0 unspecified atom stereocenters. The van der Waals surface area contributed by atoms with Crippen molar-refractivity contribution in [2.24, 2.45) is 0 Å². The smallest absolute Gasteiger partial charge is 0.475 e. The number of rotatable bonds is 5. The molecule has 0 aliphatic carbocycles. The van der Waals surface area contributed by atoms with Gasteiger partial charge in [-0.15, -0.1) is 11.3 Å². The standard InChI is InChI=1S/C23H21FN8S.C2HF3O2/c24-15-4-3-5-16(12-15)32-14-27-20-21(26-13-19-28-17-6-1-2-7-18(17)33-19)29-23(30-22(20)32)31-10-8-25-9-11-31;3-2(4,5)1(6)7/h1-7,12,14,25H,8-11,13H2,(H,26,29,30);(H,6,7). The van der Waals surface area contributed by atoms with E-state index in [1.807, 2.05) is 24.3 Å². The lowest BCUT2D eigenvalue weighted by molar-refractivity contribution is -0.192. The van der Waals surface area contributed by atoms with Gasteiger partial charge in [-0.05, 0) is 30.3 Å². The fourth-order valence-corrected chi connectivity index (χ4v) is 4.89. The van der Waals surface area contributed by atoms with Crippen LogP contribution in [0.4, 0.5) is 29.3 Å². The summed E-state index contributed by atoms with van der Waals surface area (Å²) in [5, 5.41) is 14.9. The number of nitrogens with zero attached hydrogens (tertiary/aromatic N) is 6. The third-order valence-electron chi connectivity index (χ3n) is 5.86. The maximum absolute atomic E-state index is 13.9. The number of benzene rings is 2. The SMILES string of the molecule is Fc1cccc(-n2cnc3c(NCc4nc5ccccc5s4)nc(N4CCNCC4)nc32)c1.O=C(O)C(F)(F)F. The molecule has 10 nitrogen and oxygen atoms in total. The Hall–Kier alpha value is -4.37. The van der Waals surface area contributed by atoms with E-state index in [4.69, 9.17) is 24.9 Å². The Morgan fingerprint density at radius 3 is 2.52 bits per heavy atom. The number of anilines is 2. The molecule has 15 heteroatoms. The highest BCUT2D eigenvalue weighted by Gasteiger charge is 2.38. The number of nitrogens with one attached hydrogen (secondary N) is 2. The highest BCUT2D eigenvalue weighted by Crippen LogP contribution is 2.27. The van der Waals surface area contributed by atoms with Crippen molar-refractivity contribution in [3.05, 3.63) is 65.7 Å². The molecule has 1 fully saturated rings. The zero-order valence-corrected chi connectivity index (χ0v) is 21.5. The zero-order valence-electron chi connectivity index (χ0n) is 20.7. The number of aliphatic carboxylic acids is 1. The number of carboxylic acids is 1. The van der Waals surface area contributed by atoms with Crippen molar-refractivity contribution in [2.45, 2.75) is 12.7 Å². The van der Waals surface area contributed by atoms with E-state index in [2.05, 4.69) is 26.6 Å². The minimum Gasteiger partial charge on any atom is -0.475 e. The van der Waals surface area contributed by atoms with Crippen LogP contribution in [0, 0.1) is 5.82 Å². The number of carboxylic acid groups (broad SMARTS) is 1. The predicted octanol–water partition coefficient (Wildman–Crippen LogP) is 4.22. The lowest BCUT2D eigenvalue weighted by Crippen LogP contribution is -2.44. The van der Waals surface area contributed by atoms with Gasteiger partial charge in [-0.2, -0.15) is 23.1 Å². The maximum Gasteiger partial charge on any atom is 0.490 e. The van der Waals surface area contributed by atoms with Crippen molar-refractivity contribution in [3.8, 4) is 5.69 Å². The number of halogens is 4. The lowest BCUT2D eigenvalue weighted by atomic mass is 10.3. The predicted molar refractivity (Wildman–Crippen MR) is 142 cm³/mol. The minimum atomic E-state index is -5.08. The third kappa shape index (κ3) is 6.10. The van der Waals surface area contributed by atoms with E-state index >= 15 is 0 Å². The lowest BCUT2D eigenvalue weighted by Gasteiger charge is -2.27. The molecule has 2 aromatic carbocycles. The minimum absolute atomic E-state index is 0.306. The summed E-state index contributed by atoms with van der Waals surface area (Å²) < 4.78 is 48.6. The van der Waals surface area contributed by atoms with Crippen LogP contribution >= 0.6 is 11.3 Å². The Morgan fingerprint density at radius 2 is 1.82 bits per heavy atom. The second-order valence-electron chi connectivity index (χ2n) is 8.61. The van der Waals surface area contributed by atoms with Gasteiger partial charge in [-0.25, -0.2) is 19.2 Å². The molecule has 0 amide bonds. The van der Waals surface area contributed by atoms with E-state index in [1.165, 1.54) is 12.1 Å². The van der Waals surface area contributed by atoms with E-state index < -0.39 is 12.1 Å². The van der Waals surface area contributed by atoms with Gasteiger partial charge < -0.3 is 20.6 Å². The molecule has 5 aromatic rings. The van der Waals surface area contributed by atoms with Crippen molar-refractivity contribution >= 4 is 50.5 Å². The fourth-order valence-electron chi connectivity index (χ4n) is 3.99. The molecule has 4 heterocycles. The van der Waals surface area contributed by atoms with Crippen molar-refractivity contribution in [1.29, 1.82) is 0 Å². The number of fused-ring (bicyclic) bond motifs is 2. The summed E-state index contributed by atoms with van der Waals surface area (Å²) >= 11 is 1.65. The van der Waals surface area contributed by atoms with E-state index in [9.17, 15) is 17.6 Å². The van der Waals surface area contributed by atoms with Crippen LogP contribution in [0.15, 0.2) is 54.9 Å². The highest BCUT2D eigenvalue weighted by molar-refractivity contribution is 7.18. The number of hydrogen-bond donors (Lipinski definition) is 3. The summed E-state index contributed by atoms with van der Waals surface area (Å²) in [5.74, 6) is -1.79. The van der Waals surface area contributed by atoms with E-state index in [0.29, 0.717) is 35.2 Å². The second kappa shape index (κ2) is 11.4. The van der Waals surface area contributed by atoms with Gasteiger partial charge >= 0.3 is 12.1 Å². The van der Waals surface area contributed by atoms with Crippen LogP contribution in [-0.2, 0) is 11.3 Å². The van der Waals surface area contributed by atoms with Gasteiger partial charge in [-0.3, -0.25) is 4.57 Å². The molecule has 6 rings (SSSR count). The molecule has 3 aromatic heterocycles. The van der Waals surface area contributed by atoms with Crippen molar-refractivity contribution in [3.63, 3.8) is 0 Å². The first kappa shape index (κ1) is 27.2. The molecule has 0 atom stereocenters. The molecule has 1 aliphatic rings. The monoisotopic (exact) mass is 574 g/mol. The Morgan fingerprint density at radius 1 is 1.07 bits per heavy atom. The topological polar surface area (TPSA) is 121 Å². The molecule has 1 saturated heterocycles. The van der Waals surface area contributed by atoms with Gasteiger partial charge in [0.2, 0.25) is 5.95 Å². The number of piperazine rings is 1. The average Bonchev–Trinajstić information content (AvgIpc) is 3.56. The summed E-state index contributed by atoms with van der Waals surface area (Å²) in [6.07, 6.45) is -3.42. The van der Waals surface area contributed by atoms with Gasteiger partial charge in [0, 0.05) is 26.2 Å². The van der Waals surface area contributed by atoms with Crippen molar-refractivity contribution in [2.75, 3.05) is 36.4 Å². The number of hydrogen-bond acceptors (Lipinski definition) is 9. The molecular formula is C25H22F4N8O2S. The van der Waals surface area contributed by atoms with Crippen LogP contribution in [0.3, 0.4) is 0 Å². The number of alkyl halides is 3. The fraction of sp³-hybridized carbons (Fsp3) is 0.240. The Labute approximate surface area is 228 Å². The first-order valence-electron chi connectivity index (χ1n) is 12.0. The largest absolute Gasteiger partial charge is 0.490 e. The maximum atomic E-state index is 13.9. The molecule has 0 saturated carbocycles. The molecular weight excluding hydrogens is 552 g/mol. The average molecular weight is 575 g/mol. The Balaban J connectivity index is 0.000000411. The Bertz CT molecular complexity index is 1620. The number of imidazole rings is 1. The summed E-state index contributed by atoms with van der Waals surface area (Å²) in [5.41, 5.74) is 2.93. The van der Waals surface area contributed by atoms with Crippen LogP contribution in [0.5, 0.6) is 0 Å². The van der Waals surface area contributed by atoms with Crippen LogP contribution in [0.25, 0.3) is 27.1 Å². The molecule has 0 spiro atoms. The normalized spacial score (nSPS) is 13.8. The first-order chi connectivity index (χ1) is 19.2. The quantitative estimate of drug-likeness (QED) is 0.265. The van der Waals surface area contributed by atoms with Gasteiger partial charge in [-0.1, -0.05) is 18.2 Å². The number of para-hydroxylation sites is 1. The number of carbonyl (C=O) groups is 1. The van der Waals surface area contributed by atoms with E-state index in [0.717, 1.165) is 41.4 Å². The summed E-state index contributed by atoms with van der Waals surface area (Å²) in [7, 11) is 0. The number of thiazole rings is 1. The van der Waals surface area contributed by atoms with Gasteiger partial charge in [0.05, 0.1) is 22.4 Å². The number of aromatic nitrogens is 5. The zero-order chi connectivity index (χ0) is 28.3. The van der Waals surface area contributed by atoms with Crippen LogP contribution < -0.4 is 15.5 Å². The molecule has 208 valence electrons. The Kier molecular flexibility index (Phi) is 7.75. The summed E-state index contributed by atoms with van der Waals surface area (Å²) in [6, 6.07) is 14.5. The van der Waals surface area contributed by atoms with Crippen LogP contribution in [0.2, 0.25) is 0 Å². The summed E-state index contributed by atoms with van der Waals surface area (Å²) in [6.45, 7) is 3.91. The molecule has 3 N–H and O–H groups in total. The van der Waals surface area contributed by atoms with Gasteiger partial charge in [0.25, 0.3) is 0 Å². The van der Waals surface area contributed by atoms with Crippen LogP contribution in [0.1, 0.15) is 5.01 Å².